The Morgan fingerprint density at radius 2 is 1.62 bits per heavy atom. The molecule has 214 valence electrons. The Labute approximate surface area is 234 Å². The van der Waals surface area contributed by atoms with Gasteiger partial charge in [-0.3, -0.25) is 9.18 Å². The van der Waals surface area contributed by atoms with Crippen LogP contribution in [0.2, 0.25) is 0 Å². The molecule has 1 heterocycles. The van der Waals surface area contributed by atoms with E-state index in [1.165, 1.54) is 13.3 Å². The number of methoxy groups -OCH3 is 1. The number of carbonyl (C=O) groups is 1. The molecule has 0 aromatic heterocycles. The minimum Gasteiger partial charge on any atom is -0.388 e. The number of nitriles is 1. The zero-order valence-corrected chi connectivity index (χ0v) is 24.6. The highest BCUT2D eigenvalue weighted by molar-refractivity contribution is 5.87. The van der Waals surface area contributed by atoms with Crippen LogP contribution in [-0.4, -0.2) is 44.3 Å². The predicted octanol–water partition coefficient (Wildman–Crippen LogP) is 8.01. The molecule has 39 heavy (non-hydrogen) atoms. The van der Waals surface area contributed by atoms with Gasteiger partial charge in [0, 0.05) is 32.4 Å². The Kier molecular flexibility index (Phi) is 12.6. The molecule has 2 aromatic rings. The van der Waals surface area contributed by atoms with E-state index in [0.717, 1.165) is 31.4 Å². The summed E-state index contributed by atoms with van der Waals surface area (Å²) in [5.74, 6) is 0.209. The maximum absolute atomic E-state index is 15.4. The van der Waals surface area contributed by atoms with Gasteiger partial charge in [0.15, 0.2) is 0 Å². The van der Waals surface area contributed by atoms with Crippen molar-refractivity contribution in [2.24, 2.45) is 16.7 Å². The van der Waals surface area contributed by atoms with E-state index in [9.17, 15) is 14.4 Å². The SMILES string of the molecule is CC1CC(C#N)(C(=O)N2CC3(CC3)C[C@@H]2Cc2cccc(-c3ccccc3)c2F)C1.CCC.CCF.COC. The van der Waals surface area contributed by atoms with Crippen molar-refractivity contribution >= 4 is 5.91 Å². The third kappa shape index (κ3) is 8.11. The lowest BCUT2D eigenvalue weighted by molar-refractivity contribution is -0.146. The first kappa shape index (κ1) is 32.4. The van der Waals surface area contributed by atoms with Crippen LogP contribution in [-0.2, 0) is 16.0 Å². The van der Waals surface area contributed by atoms with Crippen molar-refractivity contribution in [1.29, 1.82) is 5.26 Å². The number of benzene rings is 2. The molecule has 3 fully saturated rings. The van der Waals surface area contributed by atoms with Crippen LogP contribution in [0.1, 0.15) is 71.8 Å². The fraction of sp³-hybridized carbons (Fsp3) is 0.576. The maximum Gasteiger partial charge on any atom is 0.243 e. The van der Waals surface area contributed by atoms with Crippen LogP contribution < -0.4 is 0 Å². The summed E-state index contributed by atoms with van der Waals surface area (Å²) in [7, 11) is 3.25. The lowest BCUT2D eigenvalue weighted by Gasteiger charge is -2.43. The number of carbonyl (C=O) groups excluding carboxylic acids is 1. The van der Waals surface area contributed by atoms with Gasteiger partial charge in [0.25, 0.3) is 0 Å². The second-order valence-corrected chi connectivity index (χ2v) is 11.2. The third-order valence-electron chi connectivity index (χ3n) is 7.47. The highest BCUT2D eigenvalue weighted by Gasteiger charge is 2.58. The average Bonchev–Trinajstić information content (AvgIpc) is 3.56. The van der Waals surface area contributed by atoms with Gasteiger partial charge >= 0.3 is 0 Å². The van der Waals surface area contributed by atoms with Gasteiger partial charge in [-0.2, -0.15) is 5.26 Å². The van der Waals surface area contributed by atoms with Gasteiger partial charge in [0.1, 0.15) is 11.2 Å². The average molecular weight is 541 g/mol. The Bertz CT molecular complexity index is 1070. The van der Waals surface area contributed by atoms with Gasteiger partial charge in [-0.25, -0.2) is 4.39 Å². The maximum atomic E-state index is 15.4. The lowest BCUT2D eigenvalue weighted by atomic mass is 9.62. The van der Waals surface area contributed by atoms with E-state index in [-0.39, 0.29) is 29.9 Å². The Balaban J connectivity index is 0.000000526. The number of hydrogen-bond donors (Lipinski definition) is 0. The minimum atomic E-state index is -0.859. The zero-order chi connectivity index (χ0) is 29.1. The van der Waals surface area contributed by atoms with Crippen LogP contribution in [0.5, 0.6) is 0 Å². The largest absolute Gasteiger partial charge is 0.388 e. The number of amides is 1. The Morgan fingerprint density at radius 3 is 2.10 bits per heavy atom. The standard InChI is InChI=1S/C26H27FN2O.C3H8.C2H5F.C2H6O/c1-18-13-26(14-18,16-28)24(30)29-17-25(10-11-25)15-21(29)12-20-8-5-9-22(23(20)27)19-6-3-2-4-7-19;1-3-2;1-2-3;1-3-2/h2-9,18,21H,10-15,17H2,1H3;3H2,1-2H3;2H2,1H3;1-2H3/t18?,21-,26?;;;/m0.../s1. The molecule has 1 atom stereocenters. The van der Waals surface area contributed by atoms with E-state index in [0.29, 0.717) is 36.3 Å². The minimum absolute atomic E-state index is 0.0171. The number of hydrogen-bond acceptors (Lipinski definition) is 3. The van der Waals surface area contributed by atoms with E-state index in [2.05, 4.69) is 31.6 Å². The smallest absolute Gasteiger partial charge is 0.243 e. The molecule has 5 rings (SSSR count). The molecule has 4 nitrogen and oxygen atoms in total. The van der Waals surface area contributed by atoms with Crippen molar-refractivity contribution in [3.63, 3.8) is 0 Å². The molecule has 0 unspecified atom stereocenters. The number of nitrogens with zero attached hydrogens (tertiary/aromatic N) is 2. The molecule has 1 saturated heterocycles. The van der Waals surface area contributed by atoms with Crippen molar-refractivity contribution < 1.29 is 18.3 Å². The molecule has 2 aliphatic carbocycles. The molecule has 0 radical (unpaired) electrons. The molecule has 3 aliphatic rings. The van der Waals surface area contributed by atoms with Crippen molar-refractivity contribution in [3.8, 4) is 17.2 Å². The fourth-order valence-electron chi connectivity index (χ4n) is 5.67. The normalized spacial score (nSPS) is 23.5. The van der Waals surface area contributed by atoms with E-state index in [1.54, 1.807) is 14.2 Å². The van der Waals surface area contributed by atoms with Gasteiger partial charge in [0.2, 0.25) is 5.91 Å². The van der Waals surface area contributed by atoms with Crippen LogP contribution in [0.15, 0.2) is 48.5 Å². The lowest BCUT2D eigenvalue weighted by Crippen LogP contribution is -2.52. The van der Waals surface area contributed by atoms with Gasteiger partial charge in [0.05, 0.1) is 12.7 Å². The molecule has 6 heteroatoms. The zero-order valence-electron chi connectivity index (χ0n) is 24.6. The highest BCUT2D eigenvalue weighted by atomic mass is 19.1. The number of likely N-dealkylation sites (tertiary alicyclic amines) is 1. The summed E-state index contributed by atoms with van der Waals surface area (Å²) in [4.78, 5) is 15.4. The second kappa shape index (κ2) is 15.1. The molecule has 2 saturated carbocycles. The van der Waals surface area contributed by atoms with Crippen LogP contribution in [0.4, 0.5) is 8.78 Å². The van der Waals surface area contributed by atoms with Gasteiger partial charge < -0.3 is 9.64 Å². The molecule has 1 amide bonds. The summed E-state index contributed by atoms with van der Waals surface area (Å²) < 4.78 is 30.0. The van der Waals surface area contributed by atoms with Gasteiger partial charge in [-0.05, 0) is 67.9 Å². The van der Waals surface area contributed by atoms with E-state index in [1.807, 2.05) is 53.4 Å². The summed E-state index contributed by atoms with van der Waals surface area (Å²) >= 11 is 0. The highest BCUT2D eigenvalue weighted by Crippen LogP contribution is 2.57. The number of rotatable bonds is 4. The van der Waals surface area contributed by atoms with Crippen molar-refractivity contribution in [1.82, 2.24) is 4.90 Å². The fourth-order valence-corrected chi connectivity index (χ4v) is 5.67. The van der Waals surface area contributed by atoms with Crippen LogP contribution in [0.3, 0.4) is 0 Å². The quantitative estimate of drug-likeness (QED) is 0.395. The predicted molar refractivity (Wildman–Crippen MR) is 154 cm³/mol. The van der Waals surface area contributed by atoms with Crippen molar-refractivity contribution in [2.75, 3.05) is 27.4 Å². The monoisotopic (exact) mass is 540 g/mol. The van der Waals surface area contributed by atoms with E-state index >= 15 is 4.39 Å². The Morgan fingerprint density at radius 1 is 1.05 bits per heavy atom. The van der Waals surface area contributed by atoms with Crippen LogP contribution in [0.25, 0.3) is 11.1 Å². The van der Waals surface area contributed by atoms with Crippen LogP contribution in [0, 0.1) is 33.9 Å². The summed E-state index contributed by atoms with van der Waals surface area (Å²) in [5.41, 5.74) is 1.47. The summed E-state index contributed by atoms with van der Waals surface area (Å²) in [6.07, 6.45) is 6.25. The number of ether oxygens (including phenoxy) is 1. The molecular weight excluding hydrogens is 494 g/mol. The third-order valence-corrected chi connectivity index (χ3v) is 7.47. The summed E-state index contributed by atoms with van der Waals surface area (Å²) in [6.45, 7) is 8.28. The van der Waals surface area contributed by atoms with Gasteiger partial charge in [-0.1, -0.05) is 75.7 Å². The van der Waals surface area contributed by atoms with Crippen LogP contribution >= 0.6 is 0 Å². The number of alkyl halides is 1. The Hall–Kier alpha value is -2.78. The molecule has 0 N–H and O–H groups in total. The molecule has 2 aromatic carbocycles. The topological polar surface area (TPSA) is 53.3 Å². The molecule has 1 spiro atoms. The molecule has 0 bridgehead atoms. The van der Waals surface area contributed by atoms with Gasteiger partial charge in [-0.15, -0.1) is 0 Å². The van der Waals surface area contributed by atoms with E-state index in [4.69, 9.17) is 0 Å². The first-order valence-corrected chi connectivity index (χ1v) is 14.2. The first-order valence-electron chi connectivity index (χ1n) is 14.2. The second-order valence-electron chi connectivity index (χ2n) is 11.2. The van der Waals surface area contributed by atoms with Crippen molar-refractivity contribution in [3.05, 3.63) is 59.9 Å². The summed E-state index contributed by atoms with van der Waals surface area (Å²) in [5, 5.41) is 9.76. The molecule has 1 aliphatic heterocycles. The van der Waals surface area contributed by atoms with Crippen molar-refractivity contribution in [2.45, 2.75) is 78.7 Å². The molecular formula is C33H46F2N2O2. The first-order chi connectivity index (χ1) is 18.7. The van der Waals surface area contributed by atoms with E-state index < -0.39 is 5.41 Å². The summed E-state index contributed by atoms with van der Waals surface area (Å²) in [6, 6.07) is 17.4. The number of halogens is 2.